The fraction of sp³-hybridized carbons (Fsp3) is 1.00. The molecule has 164 valence electrons. The second kappa shape index (κ2) is 22.3. The molecule has 0 spiro atoms. The molecule has 0 fully saturated rings. The molecule has 0 bridgehead atoms. The molecule has 0 saturated carbocycles. The molecule has 0 rings (SSSR count). The van der Waals surface area contributed by atoms with Gasteiger partial charge in [0.2, 0.25) is 0 Å². The molecule has 27 heavy (non-hydrogen) atoms. The van der Waals surface area contributed by atoms with E-state index in [-0.39, 0.29) is 0 Å². The van der Waals surface area contributed by atoms with E-state index in [9.17, 15) is 0 Å². The first-order valence-electron chi connectivity index (χ1n) is 12.9. The van der Waals surface area contributed by atoms with Gasteiger partial charge in [-0.25, -0.2) is 0 Å². The van der Waals surface area contributed by atoms with E-state index in [1.807, 2.05) is 0 Å². The highest BCUT2D eigenvalue weighted by Gasteiger charge is 2.08. The molecule has 0 heterocycles. The first-order chi connectivity index (χ1) is 13.2. The van der Waals surface area contributed by atoms with Crippen molar-refractivity contribution in [3.05, 3.63) is 0 Å². The molecule has 0 aliphatic carbocycles. The van der Waals surface area contributed by atoms with E-state index in [0.717, 1.165) is 6.04 Å². The van der Waals surface area contributed by atoms with Crippen molar-refractivity contribution in [2.75, 3.05) is 13.6 Å². The van der Waals surface area contributed by atoms with Gasteiger partial charge in [-0.2, -0.15) is 0 Å². The number of hydrogen-bond acceptors (Lipinski definition) is 1. The maximum Gasteiger partial charge on any atom is 0.00638 e. The van der Waals surface area contributed by atoms with Crippen molar-refractivity contribution < 1.29 is 0 Å². The minimum Gasteiger partial charge on any atom is -0.304 e. The molecule has 1 heteroatoms. The van der Waals surface area contributed by atoms with Crippen molar-refractivity contribution >= 4 is 0 Å². The summed E-state index contributed by atoms with van der Waals surface area (Å²) in [5.74, 6) is 0. The van der Waals surface area contributed by atoms with E-state index in [0.29, 0.717) is 0 Å². The zero-order valence-corrected chi connectivity index (χ0v) is 19.9. The first-order valence-corrected chi connectivity index (χ1v) is 12.9. The fourth-order valence-corrected chi connectivity index (χ4v) is 4.04. The van der Waals surface area contributed by atoms with Crippen molar-refractivity contribution in [2.24, 2.45) is 0 Å². The Morgan fingerprint density at radius 2 is 0.815 bits per heavy atom. The minimum absolute atomic E-state index is 0.771. The van der Waals surface area contributed by atoms with Crippen LogP contribution in [0.2, 0.25) is 0 Å². The molecule has 0 aliphatic rings. The number of unbranched alkanes of at least 4 members (excludes halogenated alkanes) is 17. The zero-order valence-electron chi connectivity index (χ0n) is 19.9. The largest absolute Gasteiger partial charge is 0.304 e. The van der Waals surface area contributed by atoms with Crippen LogP contribution in [0.25, 0.3) is 0 Å². The van der Waals surface area contributed by atoms with Crippen LogP contribution in [-0.2, 0) is 0 Å². The SMILES string of the molecule is CCCCCCCCCCCCN(C)C(C)CCCCCCCCCCC. The van der Waals surface area contributed by atoms with Crippen molar-refractivity contribution in [1.29, 1.82) is 0 Å². The average Bonchev–Trinajstić information content (AvgIpc) is 2.67. The Kier molecular flexibility index (Phi) is 22.2. The molecule has 0 aromatic carbocycles. The number of hydrogen-bond donors (Lipinski definition) is 0. The van der Waals surface area contributed by atoms with Gasteiger partial charge in [-0.15, -0.1) is 0 Å². The van der Waals surface area contributed by atoms with Crippen molar-refractivity contribution in [1.82, 2.24) is 4.90 Å². The lowest BCUT2D eigenvalue weighted by Crippen LogP contribution is -2.29. The topological polar surface area (TPSA) is 3.24 Å². The quantitative estimate of drug-likeness (QED) is 0.169. The van der Waals surface area contributed by atoms with Crippen LogP contribution in [0, 0.1) is 0 Å². The van der Waals surface area contributed by atoms with Crippen molar-refractivity contribution in [3.8, 4) is 0 Å². The summed E-state index contributed by atoms with van der Waals surface area (Å²) in [5, 5.41) is 0. The van der Waals surface area contributed by atoms with E-state index in [4.69, 9.17) is 0 Å². The Hall–Kier alpha value is -0.0400. The third-order valence-electron chi connectivity index (χ3n) is 6.34. The lowest BCUT2D eigenvalue weighted by Gasteiger charge is -2.24. The van der Waals surface area contributed by atoms with Crippen LogP contribution in [-0.4, -0.2) is 24.5 Å². The Morgan fingerprint density at radius 1 is 0.481 bits per heavy atom. The third-order valence-corrected chi connectivity index (χ3v) is 6.34. The van der Waals surface area contributed by atoms with Gasteiger partial charge < -0.3 is 4.90 Å². The summed E-state index contributed by atoms with van der Waals surface area (Å²) in [5.41, 5.74) is 0. The molecule has 0 amide bonds. The van der Waals surface area contributed by atoms with E-state index in [1.165, 1.54) is 135 Å². The maximum absolute atomic E-state index is 2.61. The minimum atomic E-state index is 0.771. The lowest BCUT2D eigenvalue weighted by atomic mass is 10.0. The Bertz CT molecular complexity index is 263. The van der Waals surface area contributed by atoms with Crippen LogP contribution in [0.1, 0.15) is 149 Å². The second-order valence-electron chi connectivity index (χ2n) is 9.13. The monoisotopic (exact) mass is 381 g/mol. The number of rotatable bonds is 22. The highest BCUT2D eigenvalue weighted by molar-refractivity contribution is 4.64. The summed E-state index contributed by atoms with van der Waals surface area (Å²) in [4.78, 5) is 2.61. The molecular weight excluding hydrogens is 326 g/mol. The van der Waals surface area contributed by atoms with Gasteiger partial charge in [-0.05, 0) is 33.4 Å². The highest BCUT2D eigenvalue weighted by atomic mass is 15.1. The van der Waals surface area contributed by atoms with Crippen LogP contribution in [0.15, 0.2) is 0 Å². The van der Waals surface area contributed by atoms with Gasteiger partial charge in [0.15, 0.2) is 0 Å². The van der Waals surface area contributed by atoms with Gasteiger partial charge in [-0.1, -0.05) is 129 Å². The maximum atomic E-state index is 2.61. The van der Waals surface area contributed by atoms with Gasteiger partial charge in [0.25, 0.3) is 0 Å². The Balaban J connectivity index is 3.31. The van der Waals surface area contributed by atoms with Gasteiger partial charge >= 0.3 is 0 Å². The van der Waals surface area contributed by atoms with E-state index >= 15 is 0 Å². The molecule has 0 aromatic rings. The summed E-state index contributed by atoms with van der Waals surface area (Å²) in [6, 6.07) is 0.771. The summed E-state index contributed by atoms with van der Waals surface area (Å²) in [6.45, 7) is 8.33. The molecule has 1 atom stereocenters. The Morgan fingerprint density at radius 3 is 1.22 bits per heavy atom. The van der Waals surface area contributed by atoms with Crippen LogP contribution in [0.5, 0.6) is 0 Å². The second-order valence-corrected chi connectivity index (χ2v) is 9.13. The smallest absolute Gasteiger partial charge is 0.00638 e. The van der Waals surface area contributed by atoms with E-state index in [1.54, 1.807) is 0 Å². The molecule has 0 saturated heterocycles. The van der Waals surface area contributed by atoms with Crippen molar-refractivity contribution in [2.45, 2.75) is 155 Å². The third kappa shape index (κ3) is 20.5. The predicted octanol–water partition coefficient (Wildman–Crippen LogP) is 9.15. The predicted molar refractivity (Wildman–Crippen MR) is 126 cm³/mol. The summed E-state index contributed by atoms with van der Waals surface area (Å²) >= 11 is 0. The molecule has 0 aliphatic heterocycles. The molecule has 0 N–H and O–H groups in total. The average molecular weight is 382 g/mol. The van der Waals surface area contributed by atoms with E-state index in [2.05, 4.69) is 32.7 Å². The van der Waals surface area contributed by atoms with Crippen LogP contribution >= 0.6 is 0 Å². The Labute approximate surface area is 174 Å². The summed E-state index contributed by atoms with van der Waals surface area (Å²) < 4.78 is 0. The standard InChI is InChI=1S/C26H55N/c1-5-7-9-11-13-15-17-19-21-23-25-27(4)26(3)24-22-20-18-16-14-12-10-8-6-2/h26H,5-25H2,1-4H3. The highest BCUT2D eigenvalue weighted by Crippen LogP contribution is 2.14. The molecule has 1 unspecified atom stereocenters. The van der Waals surface area contributed by atoms with Gasteiger partial charge in [0, 0.05) is 6.04 Å². The summed E-state index contributed by atoms with van der Waals surface area (Å²) in [6.07, 6.45) is 28.8. The van der Waals surface area contributed by atoms with Gasteiger partial charge in [0.05, 0.1) is 0 Å². The zero-order chi connectivity index (χ0) is 20.0. The lowest BCUT2D eigenvalue weighted by molar-refractivity contribution is 0.236. The molecule has 1 nitrogen and oxygen atoms in total. The van der Waals surface area contributed by atoms with Crippen LogP contribution in [0.4, 0.5) is 0 Å². The summed E-state index contributed by atoms with van der Waals surface area (Å²) in [7, 11) is 2.34. The van der Waals surface area contributed by atoms with Crippen molar-refractivity contribution in [3.63, 3.8) is 0 Å². The number of nitrogens with zero attached hydrogens (tertiary/aromatic N) is 1. The van der Waals surface area contributed by atoms with Crippen LogP contribution < -0.4 is 0 Å². The fourth-order valence-electron chi connectivity index (χ4n) is 4.04. The normalized spacial score (nSPS) is 12.8. The van der Waals surface area contributed by atoms with Gasteiger partial charge in [-0.3, -0.25) is 0 Å². The van der Waals surface area contributed by atoms with E-state index < -0.39 is 0 Å². The first kappa shape index (κ1) is 27.0. The van der Waals surface area contributed by atoms with Crippen LogP contribution in [0.3, 0.4) is 0 Å². The van der Waals surface area contributed by atoms with Gasteiger partial charge in [0.1, 0.15) is 0 Å². The molecular formula is C26H55N. The molecule has 0 aromatic heterocycles. The molecule has 0 radical (unpaired) electrons.